The molecule has 1 aliphatic rings. The van der Waals surface area contributed by atoms with E-state index in [1.54, 1.807) is 41.5 Å². The molecule has 4 rings (SSSR count). The lowest BCUT2D eigenvalue weighted by atomic mass is 10.1. The van der Waals surface area contributed by atoms with Crippen molar-refractivity contribution in [3.63, 3.8) is 0 Å². The van der Waals surface area contributed by atoms with E-state index in [4.69, 9.17) is 4.74 Å². The molecule has 7 nitrogen and oxygen atoms in total. The average Bonchev–Trinajstić information content (AvgIpc) is 3.09. The topological polar surface area (TPSA) is 81.5 Å². The number of hydrogen-bond acceptors (Lipinski definition) is 5. The maximum Gasteiger partial charge on any atom is 0.338 e. The van der Waals surface area contributed by atoms with E-state index < -0.39 is 12.1 Å². The Kier molecular flexibility index (Phi) is 5.35. The number of nitrogens with zero attached hydrogens (tertiary/aromatic N) is 3. The van der Waals surface area contributed by atoms with E-state index in [2.05, 4.69) is 4.98 Å². The second kappa shape index (κ2) is 7.98. The van der Waals surface area contributed by atoms with Crippen LogP contribution in [0.5, 0.6) is 0 Å². The number of ether oxygens (including phenoxy) is 1. The van der Waals surface area contributed by atoms with Crippen molar-refractivity contribution < 1.29 is 14.3 Å². The van der Waals surface area contributed by atoms with Gasteiger partial charge in [0.2, 0.25) is 0 Å². The monoisotopic (exact) mass is 419 g/mol. The van der Waals surface area contributed by atoms with Crippen molar-refractivity contribution in [3.8, 4) is 0 Å². The van der Waals surface area contributed by atoms with Gasteiger partial charge in [-0.1, -0.05) is 18.2 Å². The summed E-state index contributed by atoms with van der Waals surface area (Å²) in [5.41, 5.74) is 3.67. The zero-order valence-electron chi connectivity index (χ0n) is 18.1. The largest absolute Gasteiger partial charge is 0.449 e. The summed E-state index contributed by atoms with van der Waals surface area (Å²) in [4.78, 5) is 44.1. The van der Waals surface area contributed by atoms with Gasteiger partial charge in [-0.3, -0.25) is 9.59 Å². The van der Waals surface area contributed by atoms with E-state index in [1.165, 1.54) is 0 Å². The molecule has 0 unspecified atom stereocenters. The van der Waals surface area contributed by atoms with Crippen LogP contribution in [0.15, 0.2) is 47.3 Å². The zero-order valence-corrected chi connectivity index (χ0v) is 18.1. The van der Waals surface area contributed by atoms with E-state index >= 15 is 0 Å². The Hall–Kier alpha value is -3.48. The van der Waals surface area contributed by atoms with Crippen molar-refractivity contribution in [1.82, 2.24) is 9.55 Å². The van der Waals surface area contributed by atoms with Crippen LogP contribution in [0.1, 0.15) is 42.4 Å². The minimum absolute atomic E-state index is 0.00433. The van der Waals surface area contributed by atoms with E-state index in [1.807, 2.05) is 38.1 Å². The number of esters is 1. The Labute approximate surface area is 180 Å². The number of amides is 1. The van der Waals surface area contributed by atoms with Crippen molar-refractivity contribution in [2.24, 2.45) is 0 Å². The molecular weight excluding hydrogens is 394 g/mol. The summed E-state index contributed by atoms with van der Waals surface area (Å²) in [6, 6.07) is 12.7. The number of hydrogen-bond donors (Lipinski definition) is 0. The fourth-order valence-corrected chi connectivity index (χ4v) is 4.19. The molecule has 0 fully saturated rings. The van der Waals surface area contributed by atoms with Crippen LogP contribution >= 0.6 is 0 Å². The molecule has 0 radical (unpaired) electrons. The summed E-state index contributed by atoms with van der Waals surface area (Å²) in [7, 11) is 0. The maximum atomic E-state index is 13.1. The van der Waals surface area contributed by atoms with Crippen molar-refractivity contribution in [1.29, 1.82) is 0 Å². The fourth-order valence-electron chi connectivity index (χ4n) is 4.19. The highest BCUT2D eigenvalue weighted by atomic mass is 16.5. The molecule has 2 heterocycles. The highest BCUT2D eigenvalue weighted by Crippen LogP contribution is 2.32. The van der Waals surface area contributed by atoms with Crippen molar-refractivity contribution in [2.75, 3.05) is 4.90 Å². The van der Waals surface area contributed by atoms with Crippen LogP contribution in [0.3, 0.4) is 0 Å². The summed E-state index contributed by atoms with van der Waals surface area (Å²) in [5, 5.41) is 0. The van der Waals surface area contributed by atoms with Gasteiger partial charge in [0.05, 0.1) is 16.6 Å². The molecular formula is C24H25N3O4. The number of anilines is 1. The first-order valence-corrected chi connectivity index (χ1v) is 10.4. The highest BCUT2D eigenvalue weighted by Gasteiger charge is 2.34. The Balaban J connectivity index is 1.57. The van der Waals surface area contributed by atoms with Gasteiger partial charge in [-0.25, -0.2) is 9.78 Å². The fraction of sp³-hybridized carbons (Fsp3) is 0.333. The molecule has 0 aliphatic carbocycles. The van der Waals surface area contributed by atoms with Gasteiger partial charge in [-0.2, -0.15) is 0 Å². The number of aryl methyl sites for hydroxylation is 2. The number of para-hydroxylation sites is 1. The summed E-state index contributed by atoms with van der Waals surface area (Å²) >= 11 is 0. The second-order valence-corrected chi connectivity index (χ2v) is 7.89. The quantitative estimate of drug-likeness (QED) is 0.607. The molecule has 1 aromatic heterocycles. The minimum atomic E-state index is -0.934. The SMILES string of the molecule is CCn1c(=O)c(C)nc2cc(C(=O)O[C@@H](C)C(=O)N3c4ccccc4C[C@H]3C)ccc21. The zero-order chi connectivity index (χ0) is 22.3. The van der Waals surface area contributed by atoms with Gasteiger partial charge in [0.1, 0.15) is 5.69 Å². The van der Waals surface area contributed by atoms with Crippen molar-refractivity contribution >= 4 is 28.6 Å². The Bertz CT molecular complexity index is 1250. The van der Waals surface area contributed by atoms with Crippen LogP contribution in [-0.4, -0.2) is 33.6 Å². The predicted octanol–water partition coefficient (Wildman–Crippen LogP) is 3.25. The summed E-state index contributed by atoms with van der Waals surface area (Å²) < 4.78 is 7.12. The van der Waals surface area contributed by atoms with Crippen molar-refractivity contribution in [3.05, 3.63) is 69.6 Å². The molecule has 0 N–H and O–H groups in total. The number of rotatable bonds is 4. The van der Waals surface area contributed by atoms with Crippen LogP contribution in [0, 0.1) is 6.92 Å². The summed E-state index contributed by atoms with van der Waals surface area (Å²) in [5.74, 6) is -0.850. The molecule has 0 bridgehead atoms. The number of carbonyl (C=O) groups excluding carboxylic acids is 2. The maximum absolute atomic E-state index is 13.1. The number of aromatic nitrogens is 2. The summed E-state index contributed by atoms with van der Waals surface area (Å²) in [6.07, 6.45) is -0.159. The lowest BCUT2D eigenvalue weighted by molar-refractivity contribution is -0.126. The predicted molar refractivity (Wildman–Crippen MR) is 118 cm³/mol. The van der Waals surface area contributed by atoms with Gasteiger partial charge >= 0.3 is 5.97 Å². The highest BCUT2D eigenvalue weighted by molar-refractivity contribution is 6.01. The van der Waals surface area contributed by atoms with Crippen molar-refractivity contribution in [2.45, 2.75) is 52.8 Å². The Morgan fingerprint density at radius 2 is 1.97 bits per heavy atom. The van der Waals surface area contributed by atoms with Gasteiger partial charge in [0.25, 0.3) is 11.5 Å². The lowest BCUT2D eigenvalue weighted by Gasteiger charge is -2.26. The molecule has 0 spiro atoms. The normalized spacial score (nSPS) is 16.3. The third kappa shape index (κ3) is 3.60. The number of carbonyl (C=O) groups is 2. The van der Waals surface area contributed by atoms with E-state index in [-0.39, 0.29) is 23.1 Å². The molecule has 3 aromatic rings. The van der Waals surface area contributed by atoms with E-state index in [9.17, 15) is 14.4 Å². The van der Waals surface area contributed by atoms with Gasteiger partial charge < -0.3 is 14.2 Å². The van der Waals surface area contributed by atoms with Gasteiger partial charge in [-0.05, 0) is 63.9 Å². The molecule has 1 amide bonds. The molecule has 31 heavy (non-hydrogen) atoms. The van der Waals surface area contributed by atoms with E-state index in [0.717, 1.165) is 17.7 Å². The first kappa shape index (κ1) is 20.8. The van der Waals surface area contributed by atoms with Gasteiger partial charge in [-0.15, -0.1) is 0 Å². The molecule has 7 heteroatoms. The Morgan fingerprint density at radius 3 is 2.71 bits per heavy atom. The molecule has 160 valence electrons. The minimum Gasteiger partial charge on any atom is -0.449 e. The van der Waals surface area contributed by atoms with Crippen LogP contribution in [0.25, 0.3) is 11.0 Å². The first-order valence-electron chi connectivity index (χ1n) is 10.4. The Morgan fingerprint density at radius 1 is 1.23 bits per heavy atom. The van der Waals surface area contributed by atoms with Gasteiger partial charge in [0.15, 0.2) is 6.10 Å². The van der Waals surface area contributed by atoms with Gasteiger partial charge in [0, 0.05) is 18.3 Å². The third-order valence-electron chi connectivity index (χ3n) is 5.74. The van der Waals surface area contributed by atoms with Crippen LogP contribution in [0.4, 0.5) is 5.69 Å². The second-order valence-electron chi connectivity index (χ2n) is 7.89. The molecule has 0 saturated heterocycles. The number of fused-ring (bicyclic) bond motifs is 2. The van der Waals surface area contributed by atoms with E-state index in [0.29, 0.717) is 23.3 Å². The summed E-state index contributed by atoms with van der Waals surface area (Å²) in [6.45, 7) is 7.61. The number of benzene rings is 2. The standard InChI is InChI=1S/C24H25N3O4/c1-5-26-21-11-10-18(13-19(21)25-15(3)22(26)28)24(30)31-16(4)23(29)27-14(2)12-17-8-6-7-9-20(17)27/h6-11,13-14,16H,5,12H2,1-4H3/t14-,16+/m1/s1. The lowest BCUT2D eigenvalue weighted by Crippen LogP contribution is -2.43. The first-order chi connectivity index (χ1) is 14.8. The molecule has 0 saturated carbocycles. The average molecular weight is 419 g/mol. The molecule has 2 atom stereocenters. The third-order valence-corrected chi connectivity index (χ3v) is 5.74. The van der Waals surface area contributed by atoms with Crippen LogP contribution in [0.2, 0.25) is 0 Å². The molecule has 1 aliphatic heterocycles. The molecule has 2 aromatic carbocycles. The smallest absolute Gasteiger partial charge is 0.338 e. The van der Waals surface area contributed by atoms with Crippen LogP contribution in [-0.2, 0) is 22.5 Å². The van der Waals surface area contributed by atoms with Crippen LogP contribution < -0.4 is 10.5 Å².